The van der Waals surface area contributed by atoms with Crippen molar-refractivity contribution < 1.29 is 35.4 Å². The minimum atomic E-state index is -0.697. The molecule has 1 aliphatic carbocycles. The lowest BCUT2D eigenvalue weighted by Gasteiger charge is -2.38. The zero-order chi connectivity index (χ0) is 25.1. The zero-order valence-corrected chi connectivity index (χ0v) is 19.0. The van der Waals surface area contributed by atoms with Crippen molar-refractivity contribution >= 4 is 0 Å². The van der Waals surface area contributed by atoms with Gasteiger partial charge in [-0.3, -0.25) is 0 Å². The first kappa shape index (κ1) is 22.1. The summed E-state index contributed by atoms with van der Waals surface area (Å²) in [5.74, 6) is -1.33. The van der Waals surface area contributed by atoms with Gasteiger partial charge >= 0.3 is 0 Å². The maximum atomic E-state index is 11.1. The average molecular weight is 485 g/mol. The molecule has 7 nitrogen and oxygen atoms in total. The lowest BCUT2D eigenvalue weighted by atomic mass is 9.79. The van der Waals surface area contributed by atoms with Crippen LogP contribution in [0.4, 0.5) is 0 Å². The Morgan fingerprint density at radius 1 is 0.556 bits per heavy atom. The summed E-state index contributed by atoms with van der Waals surface area (Å²) in [6.07, 6.45) is -0.763. The summed E-state index contributed by atoms with van der Waals surface area (Å²) >= 11 is 0. The first-order valence-corrected chi connectivity index (χ1v) is 11.6. The number of benzene rings is 4. The Kier molecular flexibility index (Phi) is 4.98. The molecule has 0 saturated heterocycles. The molecule has 4 aromatic carbocycles. The molecule has 0 aromatic heterocycles. The van der Waals surface area contributed by atoms with Gasteiger partial charge in [0.15, 0.2) is 0 Å². The number of phenols is 6. The number of ether oxygens (including phenoxy) is 1. The third kappa shape index (κ3) is 3.48. The molecule has 2 bridgehead atoms. The van der Waals surface area contributed by atoms with Gasteiger partial charge < -0.3 is 35.4 Å². The SMILES string of the molecule is Oc1ccc(CC2O[C@H]3c4cc(O)cc(O)c4[C@@H]2c2cc(O)cc(O)c2[C@H]3c2ccc(O)cc2)cc1. The summed E-state index contributed by atoms with van der Waals surface area (Å²) in [7, 11) is 0. The number of phenolic OH excluding ortho intramolecular Hbond substituents is 6. The van der Waals surface area contributed by atoms with Crippen LogP contribution in [0.3, 0.4) is 0 Å². The highest BCUT2D eigenvalue weighted by molar-refractivity contribution is 5.63. The second-order valence-electron chi connectivity index (χ2n) is 9.45. The standard InChI is InChI=1S/C29H24O7/c30-16-5-1-14(2-6-16)9-24-28-20-10-18(32)12-22(34)26(20)25(15-3-7-17(31)8-4-15)29(36-24)21-11-19(33)13-23(35)27(21)28/h1-8,10-13,24-25,28-35H,9H2/t24?,25-,28-,29+/m1/s1. The Labute approximate surface area is 206 Å². The lowest BCUT2D eigenvalue weighted by Crippen LogP contribution is -2.32. The van der Waals surface area contributed by atoms with Crippen molar-refractivity contribution in [2.24, 2.45) is 0 Å². The van der Waals surface area contributed by atoms with Gasteiger partial charge in [-0.2, -0.15) is 0 Å². The fourth-order valence-electron chi connectivity index (χ4n) is 5.80. The van der Waals surface area contributed by atoms with Gasteiger partial charge in [0.05, 0.1) is 12.2 Å². The second-order valence-corrected chi connectivity index (χ2v) is 9.45. The van der Waals surface area contributed by atoms with Crippen LogP contribution in [0.5, 0.6) is 34.5 Å². The molecule has 6 N–H and O–H groups in total. The van der Waals surface area contributed by atoms with Crippen LogP contribution in [0.1, 0.15) is 51.3 Å². The summed E-state index contributed by atoms with van der Waals surface area (Å²) in [6.45, 7) is 0. The Bertz CT molecular complexity index is 1460. The summed E-state index contributed by atoms with van der Waals surface area (Å²) in [6, 6.07) is 19.1. The Morgan fingerprint density at radius 2 is 1.08 bits per heavy atom. The van der Waals surface area contributed by atoms with Gasteiger partial charge in [0.1, 0.15) is 34.5 Å². The quantitative estimate of drug-likeness (QED) is 0.244. The van der Waals surface area contributed by atoms with Crippen LogP contribution in [0.2, 0.25) is 0 Å². The van der Waals surface area contributed by atoms with Crippen molar-refractivity contribution in [3.8, 4) is 34.5 Å². The van der Waals surface area contributed by atoms with Crippen LogP contribution in [0, 0.1) is 0 Å². The van der Waals surface area contributed by atoms with Crippen molar-refractivity contribution in [3.63, 3.8) is 0 Å². The van der Waals surface area contributed by atoms with E-state index in [1.807, 2.05) is 0 Å². The largest absolute Gasteiger partial charge is 0.508 e. The molecule has 2 aliphatic rings. The molecule has 7 heteroatoms. The molecule has 0 fully saturated rings. The maximum absolute atomic E-state index is 11.1. The number of fused-ring (bicyclic) bond motifs is 2. The van der Waals surface area contributed by atoms with Crippen molar-refractivity contribution in [1.29, 1.82) is 0 Å². The molecular formula is C29H24O7. The average Bonchev–Trinajstić information content (AvgIpc) is 3.03. The minimum Gasteiger partial charge on any atom is -0.508 e. The Hall–Kier alpha value is -4.36. The number of hydrogen-bond acceptors (Lipinski definition) is 7. The number of rotatable bonds is 3. The van der Waals surface area contributed by atoms with E-state index in [1.165, 1.54) is 12.1 Å². The van der Waals surface area contributed by atoms with Crippen LogP contribution < -0.4 is 0 Å². The van der Waals surface area contributed by atoms with Gasteiger partial charge in [0.2, 0.25) is 0 Å². The van der Waals surface area contributed by atoms with Crippen LogP contribution >= 0.6 is 0 Å². The van der Waals surface area contributed by atoms with Crippen molar-refractivity contribution in [1.82, 2.24) is 0 Å². The molecular weight excluding hydrogens is 460 g/mol. The summed E-state index contributed by atoms with van der Waals surface area (Å²) in [5.41, 5.74) is 3.97. The smallest absolute Gasteiger partial charge is 0.123 e. The van der Waals surface area contributed by atoms with Crippen LogP contribution in [-0.2, 0) is 11.2 Å². The monoisotopic (exact) mass is 484 g/mol. The predicted molar refractivity (Wildman–Crippen MR) is 131 cm³/mol. The Balaban J connectivity index is 1.63. The molecule has 1 aliphatic heterocycles. The molecule has 182 valence electrons. The maximum Gasteiger partial charge on any atom is 0.123 e. The third-order valence-corrected chi connectivity index (χ3v) is 7.23. The van der Waals surface area contributed by atoms with Gasteiger partial charge in [-0.15, -0.1) is 0 Å². The molecule has 0 radical (unpaired) electrons. The molecule has 0 saturated carbocycles. The van der Waals surface area contributed by atoms with Crippen LogP contribution in [0.25, 0.3) is 0 Å². The van der Waals surface area contributed by atoms with E-state index in [2.05, 4.69) is 0 Å². The molecule has 6 rings (SSSR count). The first-order valence-electron chi connectivity index (χ1n) is 11.6. The number of aromatic hydroxyl groups is 6. The highest BCUT2D eigenvalue weighted by atomic mass is 16.5. The topological polar surface area (TPSA) is 131 Å². The van der Waals surface area contributed by atoms with Gasteiger partial charge in [-0.05, 0) is 65.1 Å². The number of hydrogen-bond donors (Lipinski definition) is 6. The zero-order valence-electron chi connectivity index (χ0n) is 19.0. The molecule has 4 atom stereocenters. The van der Waals surface area contributed by atoms with E-state index in [1.54, 1.807) is 60.7 Å². The lowest BCUT2D eigenvalue weighted by molar-refractivity contribution is -0.0370. The fourth-order valence-corrected chi connectivity index (χ4v) is 5.80. The summed E-state index contributed by atoms with van der Waals surface area (Å²) in [5, 5.41) is 62.6. The van der Waals surface area contributed by atoms with Crippen LogP contribution in [0.15, 0.2) is 72.8 Å². The molecule has 4 aromatic rings. The van der Waals surface area contributed by atoms with E-state index in [0.717, 1.165) is 11.1 Å². The fraction of sp³-hybridized carbons (Fsp3) is 0.172. The molecule has 1 unspecified atom stereocenters. The Morgan fingerprint density at radius 3 is 1.69 bits per heavy atom. The van der Waals surface area contributed by atoms with Gasteiger partial charge in [0, 0.05) is 35.1 Å². The van der Waals surface area contributed by atoms with Gasteiger partial charge in [0.25, 0.3) is 0 Å². The molecule has 1 heterocycles. The molecule has 0 spiro atoms. The van der Waals surface area contributed by atoms with Crippen LogP contribution in [-0.4, -0.2) is 36.7 Å². The van der Waals surface area contributed by atoms with Crippen molar-refractivity contribution in [2.75, 3.05) is 0 Å². The van der Waals surface area contributed by atoms with E-state index >= 15 is 0 Å². The van der Waals surface area contributed by atoms with E-state index in [-0.39, 0.29) is 34.5 Å². The van der Waals surface area contributed by atoms with Gasteiger partial charge in [-0.1, -0.05) is 24.3 Å². The van der Waals surface area contributed by atoms with E-state index in [0.29, 0.717) is 28.7 Å². The van der Waals surface area contributed by atoms with Crippen molar-refractivity contribution in [3.05, 3.63) is 106 Å². The molecule has 36 heavy (non-hydrogen) atoms. The van der Waals surface area contributed by atoms with E-state index in [9.17, 15) is 30.6 Å². The van der Waals surface area contributed by atoms with Crippen molar-refractivity contribution in [2.45, 2.75) is 30.5 Å². The van der Waals surface area contributed by atoms with Gasteiger partial charge in [-0.25, -0.2) is 0 Å². The van der Waals surface area contributed by atoms with E-state index in [4.69, 9.17) is 4.74 Å². The molecule has 0 amide bonds. The second kappa shape index (κ2) is 8.10. The minimum absolute atomic E-state index is 0.0913. The van der Waals surface area contributed by atoms with E-state index < -0.39 is 24.0 Å². The predicted octanol–water partition coefficient (Wildman–Crippen LogP) is 4.88. The normalized spacial score (nSPS) is 22.0. The highest BCUT2D eigenvalue weighted by Crippen LogP contribution is 2.60. The first-order chi connectivity index (χ1) is 17.3. The summed E-state index contributed by atoms with van der Waals surface area (Å²) in [4.78, 5) is 0. The highest BCUT2D eigenvalue weighted by Gasteiger charge is 2.48. The summed E-state index contributed by atoms with van der Waals surface area (Å²) < 4.78 is 6.72. The third-order valence-electron chi connectivity index (χ3n) is 7.23.